The number of nitrogens with two attached hydrogens (primary N) is 1. The first kappa shape index (κ1) is 10.4. The third-order valence-corrected chi connectivity index (χ3v) is 2.07. The Morgan fingerprint density at radius 3 is 2.23 bits per heavy atom. The van der Waals surface area contributed by atoms with Crippen LogP contribution in [0.1, 0.15) is 12.0 Å². The van der Waals surface area contributed by atoms with Crippen molar-refractivity contribution in [2.24, 2.45) is 5.73 Å². The summed E-state index contributed by atoms with van der Waals surface area (Å²) in [5.74, 6) is -1.43. The fraction of sp³-hybridized carbons (Fsp3) is 0.333. The summed E-state index contributed by atoms with van der Waals surface area (Å²) in [7, 11) is 0. The van der Waals surface area contributed by atoms with Crippen LogP contribution in [0, 0.1) is 11.6 Å². The molecule has 0 aliphatic carbocycles. The molecule has 0 aromatic heterocycles. The van der Waals surface area contributed by atoms with Gasteiger partial charge in [0.05, 0.1) is 0 Å². The first-order valence-electron chi connectivity index (χ1n) is 3.98. The minimum atomic E-state index is -0.714. The summed E-state index contributed by atoms with van der Waals surface area (Å²) in [6, 6.07) is 2.47. The van der Waals surface area contributed by atoms with Gasteiger partial charge in [-0.3, -0.25) is 0 Å². The highest BCUT2D eigenvalue weighted by atomic mass is 35.5. The first-order valence-corrected chi connectivity index (χ1v) is 4.36. The summed E-state index contributed by atoms with van der Waals surface area (Å²) in [5.41, 5.74) is 5.86. The second-order valence-corrected chi connectivity index (χ2v) is 3.14. The summed E-state index contributed by atoms with van der Waals surface area (Å²) in [4.78, 5) is 0. The summed E-state index contributed by atoms with van der Waals surface area (Å²) in [5, 5.41) is -0.448. The van der Waals surface area contributed by atoms with Crippen LogP contribution in [0.4, 0.5) is 8.78 Å². The summed E-state index contributed by atoms with van der Waals surface area (Å²) >= 11 is 5.31. The third-order valence-electron chi connectivity index (χ3n) is 1.71. The van der Waals surface area contributed by atoms with Crippen molar-refractivity contribution in [3.63, 3.8) is 0 Å². The number of halogens is 3. The maximum Gasteiger partial charge on any atom is 0.145 e. The van der Waals surface area contributed by atoms with Gasteiger partial charge in [0, 0.05) is 0 Å². The van der Waals surface area contributed by atoms with Gasteiger partial charge in [0.2, 0.25) is 0 Å². The van der Waals surface area contributed by atoms with Crippen LogP contribution in [-0.2, 0) is 6.42 Å². The molecule has 2 N–H and O–H groups in total. The molecule has 1 rings (SSSR count). The number of rotatable bonds is 3. The van der Waals surface area contributed by atoms with E-state index in [1.807, 2.05) is 0 Å². The molecule has 1 aromatic rings. The molecule has 0 aliphatic heterocycles. The fourth-order valence-electron chi connectivity index (χ4n) is 1.06. The van der Waals surface area contributed by atoms with Crippen molar-refractivity contribution in [2.75, 3.05) is 6.54 Å². The van der Waals surface area contributed by atoms with Crippen molar-refractivity contribution in [2.45, 2.75) is 12.8 Å². The number of hydrogen-bond donors (Lipinski definition) is 1. The van der Waals surface area contributed by atoms with Crippen molar-refractivity contribution in [3.8, 4) is 0 Å². The van der Waals surface area contributed by atoms with Gasteiger partial charge in [-0.25, -0.2) is 8.78 Å². The number of benzene rings is 1. The van der Waals surface area contributed by atoms with Gasteiger partial charge in [-0.1, -0.05) is 11.6 Å². The van der Waals surface area contributed by atoms with Crippen molar-refractivity contribution in [1.29, 1.82) is 0 Å². The molecule has 13 heavy (non-hydrogen) atoms. The average molecular weight is 206 g/mol. The van der Waals surface area contributed by atoms with E-state index in [0.29, 0.717) is 24.9 Å². The third kappa shape index (κ3) is 2.64. The zero-order valence-corrected chi connectivity index (χ0v) is 7.74. The maximum absolute atomic E-state index is 12.9. The molecule has 0 radical (unpaired) electrons. The second-order valence-electron chi connectivity index (χ2n) is 2.77. The van der Waals surface area contributed by atoms with E-state index in [2.05, 4.69) is 0 Å². The van der Waals surface area contributed by atoms with Gasteiger partial charge in [0.15, 0.2) is 0 Å². The highest BCUT2D eigenvalue weighted by Crippen LogP contribution is 2.20. The van der Waals surface area contributed by atoms with E-state index in [4.69, 9.17) is 17.3 Å². The Balaban J connectivity index is 2.86. The summed E-state index contributed by atoms with van der Waals surface area (Å²) in [6.45, 7) is 0.506. The minimum Gasteiger partial charge on any atom is -0.330 e. The Hall–Kier alpha value is -0.670. The van der Waals surface area contributed by atoms with Crippen LogP contribution in [-0.4, -0.2) is 6.54 Å². The molecule has 0 spiro atoms. The number of hydrogen-bond acceptors (Lipinski definition) is 1. The quantitative estimate of drug-likeness (QED) is 0.754. The van der Waals surface area contributed by atoms with Gasteiger partial charge in [-0.05, 0) is 37.1 Å². The SMILES string of the molecule is NCCCc1cc(F)c(Cl)c(F)c1. The zero-order valence-electron chi connectivity index (χ0n) is 6.99. The first-order chi connectivity index (χ1) is 6.15. The molecule has 4 heteroatoms. The van der Waals surface area contributed by atoms with Crippen LogP contribution in [0.15, 0.2) is 12.1 Å². The van der Waals surface area contributed by atoms with Crippen molar-refractivity contribution >= 4 is 11.6 Å². The van der Waals surface area contributed by atoms with Gasteiger partial charge in [-0.2, -0.15) is 0 Å². The predicted molar refractivity (Wildman–Crippen MR) is 48.7 cm³/mol. The van der Waals surface area contributed by atoms with E-state index in [-0.39, 0.29) is 0 Å². The molecule has 0 unspecified atom stereocenters. The van der Waals surface area contributed by atoms with Crippen molar-refractivity contribution in [3.05, 3.63) is 34.4 Å². The maximum atomic E-state index is 12.9. The molecular formula is C9H10ClF2N. The largest absolute Gasteiger partial charge is 0.330 e. The van der Waals surface area contributed by atoms with Crippen LogP contribution in [0.2, 0.25) is 5.02 Å². The highest BCUT2D eigenvalue weighted by molar-refractivity contribution is 6.30. The molecule has 0 bridgehead atoms. The lowest BCUT2D eigenvalue weighted by atomic mass is 10.1. The molecule has 72 valence electrons. The van der Waals surface area contributed by atoms with Crippen LogP contribution in [0.3, 0.4) is 0 Å². The van der Waals surface area contributed by atoms with Crippen LogP contribution in [0.5, 0.6) is 0 Å². The van der Waals surface area contributed by atoms with Crippen molar-refractivity contribution < 1.29 is 8.78 Å². The summed E-state index contributed by atoms with van der Waals surface area (Å²) < 4.78 is 25.7. The Morgan fingerprint density at radius 1 is 1.23 bits per heavy atom. The molecule has 0 atom stereocenters. The second kappa shape index (κ2) is 4.53. The molecule has 0 amide bonds. The smallest absolute Gasteiger partial charge is 0.145 e. The van der Waals surface area contributed by atoms with Gasteiger partial charge < -0.3 is 5.73 Å². The Kier molecular flexibility index (Phi) is 3.63. The molecule has 0 saturated heterocycles. The van der Waals surface area contributed by atoms with Crippen molar-refractivity contribution in [1.82, 2.24) is 0 Å². The topological polar surface area (TPSA) is 26.0 Å². The monoisotopic (exact) mass is 205 g/mol. The molecule has 1 aromatic carbocycles. The molecule has 1 nitrogen and oxygen atoms in total. The fourth-order valence-corrected chi connectivity index (χ4v) is 1.17. The molecule has 0 aliphatic rings. The van der Waals surface area contributed by atoms with E-state index in [0.717, 1.165) is 0 Å². The van der Waals surface area contributed by atoms with Crippen LogP contribution in [0.25, 0.3) is 0 Å². The zero-order chi connectivity index (χ0) is 9.84. The van der Waals surface area contributed by atoms with E-state index < -0.39 is 16.7 Å². The van der Waals surface area contributed by atoms with Crippen LogP contribution >= 0.6 is 11.6 Å². The minimum absolute atomic E-state index is 0.448. The lowest BCUT2D eigenvalue weighted by Crippen LogP contribution is -2.01. The van der Waals surface area contributed by atoms with E-state index in [1.165, 1.54) is 12.1 Å². The van der Waals surface area contributed by atoms with E-state index in [9.17, 15) is 8.78 Å². The molecule has 0 heterocycles. The van der Waals surface area contributed by atoms with E-state index in [1.54, 1.807) is 0 Å². The standard InChI is InChI=1S/C9H10ClF2N/c10-9-7(11)4-6(2-1-3-13)5-8(9)12/h4-5H,1-3,13H2. The Morgan fingerprint density at radius 2 is 1.77 bits per heavy atom. The van der Waals surface area contributed by atoms with Gasteiger partial charge >= 0.3 is 0 Å². The average Bonchev–Trinajstić information content (AvgIpc) is 2.10. The number of aryl methyl sites for hydroxylation is 1. The van der Waals surface area contributed by atoms with E-state index >= 15 is 0 Å². The van der Waals surface area contributed by atoms with Gasteiger partial charge in [0.25, 0.3) is 0 Å². The summed E-state index contributed by atoms with van der Waals surface area (Å²) in [6.07, 6.45) is 1.28. The lowest BCUT2D eigenvalue weighted by Gasteiger charge is -2.02. The lowest BCUT2D eigenvalue weighted by molar-refractivity contribution is 0.579. The Bertz CT molecular complexity index is 279. The predicted octanol–water partition coefficient (Wildman–Crippen LogP) is 2.51. The van der Waals surface area contributed by atoms with Gasteiger partial charge in [-0.15, -0.1) is 0 Å². The van der Waals surface area contributed by atoms with Gasteiger partial charge in [0.1, 0.15) is 16.7 Å². The normalized spacial score (nSPS) is 10.5. The molecule has 0 saturated carbocycles. The Labute approximate surface area is 80.5 Å². The molecular weight excluding hydrogens is 196 g/mol. The highest BCUT2D eigenvalue weighted by Gasteiger charge is 2.07. The molecule has 0 fully saturated rings. The van der Waals surface area contributed by atoms with Crippen LogP contribution < -0.4 is 5.73 Å².